The highest BCUT2D eigenvalue weighted by atomic mass is 19.4. The van der Waals surface area contributed by atoms with Gasteiger partial charge in [0, 0.05) is 11.6 Å². The summed E-state index contributed by atoms with van der Waals surface area (Å²) in [6.45, 7) is 0. The molecule has 0 fully saturated rings. The minimum absolute atomic E-state index is 0.464. The van der Waals surface area contributed by atoms with Gasteiger partial charge >= 0.3 is 12.3 Å². The lowest BCUT2D eigenvalue weighted by Gasteiger charge is -2.11. The average molecular weight is 281 g/mol. The molecule has 0 saturated carbocycles. The van der Waals surface area contributed by atoms with E-state index in [-0.39, 0.29) is 0 Å². The number of aliphatic hydroxyl groups excluding tert-OH is 1. The van der Waals surface area contributed by atoms with Crippen LogP contribution in [0.4, 0.5) is 18.9 Å². The van der Waals surface area contributed by atoms with E-state index in [1.807, 2.05) is 0 Å². The summed E-state index contributed by atoms with van der Waals surface area (Å²) in [4.78, 5) is 20.0. The maximum Gasteiger partial charge on any atom is 0.573 e. The first-order chi connectivity index (χ1) is 8.60. The topological polar surface area (TPSA) is 110 Å². The van der Waals surface area contributed by atoms with Crippen molar-refractivity contribution in [2.75, 3.05) is 0 Å². The van der Waals surface area contributed by atoms with E-state index >= 15 is 0 Å². The molecular formula is C9H6F3NO6. The Morgan fingerprint density at radius 2 is 1.95 bits per heavy atom. The number of carboxylic acid groups (broad SMARTS) is 1. The molecule has 0 radical (unpaired) electrons. The van der Waals surface area contributed by atoms with E-state index in [9.17, 15) is 28.1 Å². The van der Waals surface area contributed by atoms with Gasteiger partial charge in [-0.25, -0.2) is 4.79 Å². The lowest BCUT2D eigenvalue weighted by molar-refractivity contribution is -0.385. The zero-order valence-corrected chi connectivity index (χ0v) is 8.92. The Hall–Kier alpha value is -2.36. The summed E-state index contributed by atoms with van der Waals surface area (Å²) >= 11 is 0. The van der Waals surface area contributed by atoms with Crippen LogP contribution in [0.1, 0.15) is 11.7 Å². The van der Waals surface area contributed by atoms with Gasteiger partial charge in [0.25, 0.3) is 5.69 Å². The standard InChI is InChI=1S/C9H6F3NO6/c10-9(11,12)19-6-2-4(7(14)8(15)16)1-5(3-6)13(17)18/h1-3,7,14H,(H,15,16). The third-order valence-electron chi connectivity index (χ3n) is 1.91. The van der Waals surface area contributed by atoms with Crippen LogP contribution < -0.4 is 4.74 Å². The first-order valence-corrected chi connectivity index (χ1v) is 4.56. The Morgan fingerprint density at radius 3 is 2.37 bits per heavy atom. The fraction of sp³-hybridized carbons (Fsp3) is 0.222. The van der Waals surface area contributed by atoms with Gasteiger partial charge in [0.1, 0.15) is 5.75 Å². The number of nitrogens with zero attached hydrogens (tertiary/aromatic N) is 1. The highest BCUT2D eigenvalue weighted by molar-refractivity contribution is 5.74. The second kappa shape index (κ2) is 5.10. The van der Waals surface area contributed by atoms with Crippen molar-refractivity contribution in [1.82, 2.24) is 0 Å². The number of hydrogen-bond donors (Lipinski definition) is 2. The first kappa shape index (κ1) is 14.7. The molecule has 7 nitrogen and oxygen atoms in total. The van der Waals surface area contributed by atoms with Gasteiger partial charge in [0.15, 0.2) is 6.10 Å². The number of rotatable bonds is 4. The number of aliphatic hydroxyl groups is 1. The number of halogens is 3. The van der Waals surface area contributed by atoms with Crippen molar-refractivity contribution in [2.45, 2.75) is 12.5 Å². The predicted octanol–water partition coefficient (Wildman–Crippen LogP) is 1.61. The minimum atomic E-state index is -5.10. The van der Waals surface area contributed by atoms with Gasteiger partial charge in [-0.05, 0) is 6.07 Å². The SMILES string of the molecule is O=C(O)C(O)c1cc(OC(F)(F)F)cc([N+](=O)[O-])c1. The summed E-state index contributed by atoms with van der Waals surface area (Å²) in [5, 5.41) is 28.2. The molecule has 10 heteroatoms. The number of benzene rings is 1. The fourth-order valence-electron chi connectivity index (χ4n) is 1.20. The normalized spacial score (nSPS) is 12.8. The van der Waals surface area contributed by atoms with Gasteiger partial charge < -0.3 is 14.9 Å². The van der Waals surface area contributed by atoms with E-state index in [2.05, 4.69) is 4.74 Å². The molecule has 1 atom stereocenters. The van der Waals surface area contributed by atoms with Crippen molar-refractivity contribution in [2.24, 2.45) is 0 Å². The Bertz CT molecular complexity index is 515. The Morgan fingerprint density at radius 1 is 1.37 bits per heavy atom. The first-order valence-electron chi connectivity index (χ1n) is 4.56. The molecule has 1 aromatic rings. The van der Waals surface area contributed by atoms with Crippen molar-refractivity contribution < 1.29 is 37.8 Å². The van der Waals surface area contributed by atoms with Gasteiger partial charge in [0.2, 0.25) is 0 Å². The number of hydrogen-bond acceptors (Lipinski definition) is 5. The summed E-state index contributed by atoms with van der Waals surface area (Å²) in [6.07, 6.45) is -7.30. The number of nitro groups is 1. The zero-order valence-electron chi connectivity index (χ0n) is 8.92. The molecule has 2 N–H and O–H groups in total. The van der Waals surface area contributed by atoms with Gasteiger partial charge in [-0.15, -0.1) is 13.2 Å². The maximum absolute atomic E-state index is 12.0. The van der Waals surface area contributed by atoms with Crippen LogP contribution in [0.3, 0.4) is 0 Å². The third-order valence-corrected chi connectivity index (χ3v) is 1.91. The van der Waals surface area contributed by atoms with E-state index in [1.165, 1.54) is 0 Å². The largest absolute Gasteiger partial charge is 0.573 e. The molecule has 0 aliphatic carbocycles. The summed E-state index contributed by atoms with van der Waals surface area (Å²) < 4.78 is 39.4. The lowest BCUT2D eigenvalue weighted by atomic mass is 10.1. The number of nitro benzene ring substituents is 1. The maximum atomic E-state index is 12.0. The summed E-state index contributed by atoms with van der Waals surface area (Å²) in [6, 6.07) is 1.66. The Kier molecular flexibility index (Phi) is 3.95. The molecule has 0 spiro atoms. The zero-order chi connectivity index (χ0) is 14.8. The number of ether oxygens (including phenoxy) is 1. The third kappa shape index (κ3) is 4.10. The molecule has 0 aliphatic rings. The smallest absolute Gasteiger partial charge is 0.479 e. The van der Waals surface area contributed by atoms with Crippen molar-refractivity contribution in [3.63, 3.8) is 0 Å². The monoisotopic (exact) mass is 281 g/mol. The van der Waals surface area contributed by atoms with Crippen LogP contribution in [-0.4, -0.2) is 27.5 Å². The quantitative estimate of drug-likeness (QED) is 0.640. The summed E-state index contributed by atoms with van der Waals surface area (Å²) in [5.74, 6) is -2.75. The molecule has 1 unspecified atom stereocenters. The number of alkyl halides is 3. The molecule has 1 aromatic carbocycles. The number of non-ortho nitro benzene ring substituents is 1. The number of aliphatic carboxylic acids is 1. The van der Waals surface area contributed by atoms with Gasteiger partial charge in [0.05, 0.1) is 11.0 Å². The van der Waals surface area contributed by atoms with Crippen molar-refractivity contribution in [1.29, 1.82) is 0 Å². The molecule has 104 valence electrons. The minimum Gasteiger partial charge on any atom is -0.479 e. The van der Waals surface area contributed by atoms with E-state index in [0.29, 0.717) is 18.2 Å². The molecule has 0 heterocycles. The van der Waals surface area contributed by atoms with Gasteiger partial charge in [-0.1, -0.05) is 0 Å². The molecule has 0 saturated heterocycles. The van der Waals surface area contributed by atoms with Crippen molar-refractivity contribution in [3.8, 4) is 5.75 Å². The van der Waals surface area contributed by atoms with Crippen LogP contribution >= 0.6 is 0 Å². The molecule has 0 amide bonds. The molecule has 1 rings (SSSR count). The summed E-state index contributed by atoms with van der Waals surface area (Å²) in [7, 11) is 0. The highest BCUT2D eigenvalue weighted by Gasteiger charge is 2.32. The Balaban J connectivity index is 3.25. The lowest BCUT2D eigenvalue weighted by Crippen LogP contribution is -2.18. The summed E-state index contributed by atoms with van der Waals surface area (Å²) in [5.41, 5.74) is -1.43. The van der Waals surface area contributed by atoms with Crippen LogP contribution in [-0.2, 0) is 4.79 Å². The predicted molar refractivity (Wildman–Crippen MR) is 52.4 cm³/mol. The fourth-order valence-corrected chi connectivity index (χ4v) is 1.20. The molecule has 0 bridgehead atoms. The number of carbonyl (C=O) groups is 1. The molecule has 19 heavy (non-hydrogen) atoms. The van der Waals surface area contributed by atoms with Crippen LogP contribution in [0.2, 0.25) is 0 Å². The van der Waals surface area contributed by atoms with Gasteiger partial charge in [-0.3, -0.25) is 10.1 Å². The van der Waals surface area contributed by atoms with E-state index < -0.39 is 40.4 Å². The Labute approximate surface area is 103 Å². The highest BCUT2D eigenvalue weighted by Crippen LogP contribution is 2.30. The van der Waals surface area contributed by atoms with Crippen LogP contribution in [0.25, 0.3) is 0 Å². The van der Waals surface area contributed by atoms with E-state index in [4.69, 9.17) is 10.2 Å². The molecular weight excluding hydrogens is 275 g/mol. The molecule has 0 aliphatic heterocycles. The van der Waals surface area contributed by atoms with E-state index in [0.717, 1.165) is 0 Å². The van der Waals surface area contributed by atoms with Crippen LogP contribution in [0.5, 0.6) is 5.75 Å². The number of carboxylic acids is 1. The second-order valence-electron chi connectivity index (χ2n) is 3.31. The second-order valence-corrected chi connectivity index (χ2v) is 3.31. The van der Waals surface area contributed by atoms with Crippen LogP contribution in [0.15, 0.2) is 18.2 Å². The van der Waals surface area contributed by atoms with Crippen molar-refractivity contribution >= 4 is 11.7 Å². The molecule has 0 aromatic heterocycles. The van der Waals surface area contributed by atoms with Crippen molar-refractivity contribution in [3.05, 3.63) is 33.9 Å². The van der Waals surface area contributed by atoms with E-state index in [1.54, 1.807) is 0 Å². The van der Waals surface area contributed by atoms with Gasteiger partial charge in [-0.2, -0.15) is 0 Å². The average Bonchev–Trinajstić information content (AvgIpc) is 2.24. The van der Waals surface area contributed by atoms with Crippen LogP contribution in [0, 0.1) is 10.1 Å².